The highest BCUT2D eigenvalue weighted by Crippen LogP contribution is 2.30. The van der Waals surface area contributed by atoms with Gasteiger partial charge in [-0.3, -0.25) is 9.30 Å². The number of nitrogens with zero attached hydrogens (tertiary/aromatic N) is 4. The van der Waals surface area contributed by atoms with Gasteiger partial charge in [-0.05, 0) is 18.8 Å². The Kier molecular flexibility index (Phi) is 3.11. The fourth-order valence-electron chi connectivity index (χ4n) is 3.00. The van der Waals surface area contributed by atoms with Crippen molar-refractivity contribution < 1.29 is 9.90 Å². The zero-order valence-electron chi connectivity index (χ0n) is 11.7. The van der Waals surface area contributed by atoms with Gasteiger partial charge in [0.25, 0.3) is 0 Å². The average Bonchev–Trinajstić information content (AvgIpc) is 3.03. The first-order chi connectivity index (χ1) is 10.2. The largest absolute Gasteiger partial charge is 0.476 e. The monoisotopic (exact) mass is 306 g/mol. The zero-order chi connectivity index (χ0) is 14.4. The number of piperazine rings is 1. The highest BCUT2D eigenvalue weighted by molar-refractivity contribution is 7.15. The van der Waals surface area contributed by atoms with Crippen molar-refractivity contribution in [3.05, 3.63) is 17.3 Å². The molecule has 2 fully saturated rings. The molecular weight excluding hydrogens is 288 g/mol. The predicted octanol–water partition coefficient (Wildman–Crippen LogP) is 1.63. The van der Waals surface area contributed by atoms with Crippen molar-refractivity contribution in [3.8, 4) is 0 Å². The van der Waals surface area contributed by atoms with E-state index in [1.807, 2.05) is 5.38 Å². The summed E-state index contributed by atoms with van der Waals surface area (Å²) in [7, 11) is 0. The molecule has 0 radical (unpaired) electrons. The van der Waals surface area contributed by atoms with Gasteiger partial charge in [0, 0.05) is 44.3 Å². The zero-order valence-corrected chi connectivity index (χ0v) is 12.6. The molecule has 112 valence electrons. The van der Waals surface area contributed by atoms with E-state index in [1.54, 1.807) is 10.6 Å². The number of hydrogen-bond donors (Lipinski definition) is 1. The fourth-order valence-corrected chi connectivity index (χ4v) is 3.71. The molecule has 0 aromatic carbocycles. The number of carboxylic acid groups (broad SMARTS) is 1. The van der Waals surface area contributed by atoms with Gasteiger partial charge in [-0.2, -0.15) is 0 Å². The van der Waals surface area contributed by atoms with Crippen molar-refractivity contribution >= 4 is 28.1 Å². The summed E-state index contributed by atoms with van der Waals surface area (Å²) >= 11 is 1.47. The number of fused-ring (bicyclic) bond motifs is 1. The summed E-state index contributed by atoms with van der Waals surface area (Å²) < 4.78 is 1.68. The standard InChI is InChI=1S/C14H18N4O2S/c19-13(20)11-12(15-14-18(11)7-8-21-14)17-5-3-16(4-6-17)9-10-1-2-10/h7-8,10H,1-6,9H2,(H,19,20). The number of thiazole rings is 1. The number of hydrogen-bond acceptors (Lipinski definition) is 5. The summed E-state index contributed by atoms with van der Waals surface area (Å²) in [4.78, 5) is 21.4. The molecule has 7 heteroatoms. The Morgan fingerprint density at radius 3 is 2.76 bits per heavy atom. The third-order valence-corrected chi connectivity index (χ3v) is 5.09. The van der Waals surface area contributed by atoms with Crippen molar-refractivity contribution in [1.29, 1.82) is 0 Å². The van der Waals surface area contributed by atoms with E-state index < -0.39 is 5.97 Å². The minimum absolute atomic E-state index is 0.293. The lowest BCUT2D eigenvalue weighted by molar-refractivity contribution is 0.0690. The van der Waals surface area contributed by atoms with Crippen LogP contribution in [-0.4, -0.2) is 58.1 Å². The summed E-state index contributed by atoms with van der Waals surface area (Å²) in [5.41, 5.74) is 0.293. The van der Waals surface area contributed by atoms with Gasteiger partial charge < -0.3 is 10.0 Å². The third-order valence-electron chi connectivity index (χ3n) is 4.33. The summed E-state index contributed by atoms with van der Waals surface area (Å²) in [6, 6.07) is 0. The van der Waals surface area contributed by atoms with E-state index in [4.69, 9.17) is 0 Å². The molecule has 0 atom stereocenters. The smallest absolute Gasteiger partial charge is 0.356 e. The first kappa shape index (κ1) is 13.1. The topological polar surface area (TPSA) is 61.1 Å². The van der Waals surface area contributed by atoms with Crippen molar-refractivity contribution in [2.24, 2.45) is 5.92 Å². The molecule has 1 saturated carbocycles. The van der Waals surface area contributed by atoms with E-state index >= 15 is 0 Å². The van der Waals surface area contributed by atoms with Crippen LogP contribution in [0.1, 0.15) is 23.3 Å². The highest BCUT2D eigenvalue weighted by Gasteiger charge is 2.29. The second kappa shape index (κ2) is 4.99. The summed E-state index contributed by atoms with van der Waals surface area (Å²) in [6.45, 7) is 4.93. The molecule has 3 heterocycles. The maximum absolute atomic E-state index is 11.6. The Labute approximate surface area is 126 Å². The van der Waals surface area contributed by atoms with Crippen LogP contribution in [0, 0.1) is 5.92 Å². The van der Waals surface area contributed by atoms with Crippen LogP contribution in [0.2, 0.25) is 0 Å². The van der Waals surface area contributed by atoms with Gasteiger partial charge in [0.1, 0.15) is 0 Å². The normalized spacial score (nSPS) is 20.3. The van der Waals surface area contributed by atoms with Gasteiger partial charge in [-0.25, -0.2) is 9.78 Å². The lowest BCUT2D eigenvalue weighted by atomic mass is 10.2. The van der Waals surface area contributed by atoms with Crippen molar-refractivity contribution in [2.75, 3.05) is 37.6 Å². The molecule has 6 nitrogen and oxygen atoms in total. The quantitative estimate of drug-likeness (QED) is 0.930. The van der Waals surface area contributed by atoms with Crippen LogP contribution >= 0.6 is 11.3 Å². The molecule has 21 heavy (non-hydrogen) atoms. The molecule has 1 aliphatic heterocycles. The van der Waals surface area contributed by atoms with E-state index in [2.05, 4.69) is 14.8 Å². The van der Waals surface area contributed by atoms with Crippen LogP contribution in [-0.2, 0) is 0 Å². The molecule has 1 aliphatic carbocycles. The molecule has 0 spiro atoms. The molecule has 2 aromatic heterocycles. The minimum atomic E-state index is -0.906. The minimum Gasteiger partial charge on any atom is -0.476 e. The summed E-state index contributed by atoms with van der Waals surface area (Å²) in [6.07, 6.45) is 4.53. The second-order valence-electron chi connectivity index (χ2n) is 5.88. The first-order valence-corrected chi connectivity index (χ1v) is 8.26. The lowest BCUT2D eigenvalue weighted by Gasteiger charge is -2.35. The van der Waals surface area contributed by atoms with Crippen LogP contribution < -0.4 is 4.90 Å². The molecule has 0 unspecified atom stereocenters. The molecule has 2 aromatic rings. The van der Waals surface area contributed by atoms with Crippen LogP contribution in [0.4, 0.5) is 5.82 Å². The maximum Gasteiger partial charge on any atom is 0.356 e. The summed E-state index contributed by atoms with van der Waals surface area (Å²) in [5, 5.41) is 11.4. The Balaban J connectivity index is 1.54. The molecular formula is C14H18N4O2S. The van der Waals surface area contributed by atoms with Crippen LogP contribution in [0.15, 0.2) is 11.6 Å². The van der Waals surface area contributed by atoms with E-state index in [-0.39, 0.29) is 0 Å². The molecule has 2 aliphatic rings. The number of rotatable bonds is 4. The highest BCUT2D eigenvalue weighted by atomic mass is 32.1. The van der Waals surface area contributed by atoms with Gasteiger partial charge in [0.2, 0.25) is 0 Å². The van der Waals surface area contributed by atoms with Gasteiger partial charge in [-0.15, -0.1) is 11.3 Å². The van der Waals surface area contributed by atoms with Crippen LogP contribution in [0.5, 0.6) is 0 Å². The van der Waals surface area contributed by atoms with Gasteiger partial charge in [-0.1, -0.05) is 0 Å². The Bertz CT molecular complexity index is 668. The predicted molar refractivity (Wildman–Crippen MR) is 81.4 cm³/mol. The molecule has 1 N–H and O–H groups in total. The average molecular weight is 306 g/mol. The number of carboxylic acids is 1. The number of carbonyl (C=O) groups is 1. The lowest BCUT2D eigenvalue weighted by Crippen LogP contribution is -2.47. The van der Waals surface area contributed by atoms with Crippen LogP contribution in [0.3, 0.4) is 0 Å². The maximum atomic E-state index is 11.6. The Morgan fingerprint density at radius 1 is 1.33 bits per heavy atom. The number of anilines is 1. The second-order valence-corrected chi connectivity index (χ2v) is 6.75. The van der Waals surface area contributed by atoms with Crippen LogP contribution in [0.25, 0.3) is 4.96 Å². The first-order valence-electron chi connectivity index (χ1n) is 7.38. The molecule has 0 amide bonds. The van der Waals surface area contributed by atoms with Gasteiger partial charge in [0.05, 0.1) is 0 Å². The van der Waals surface area contributed by atoms with Crippen molar-refractivity contribution in [3.63, 3.8) is 0 Å². The van der Waals surface area contributed by atoms with Crippen molar-refractivity contribution in [1.82, 2.24) is 14.3 Å². The number of aromatic nitrogens is 2. The van der Waals surface area contributed by atoms with E-state index in [0.29, 0.717) is 11.5 Å². The fraction of sp³-hybridized carbons (Fsp3) is 0.571. The van der Waals surface area contributed by atoms with E-state index in [0.717, 1.165) is 37.1 Å². The number of aromatic carboxylic acids is 1. The molecule has 1 saturated heterocycles. The van der Waals surface area contributed by atoms with Gasteiger partial charge >= 0.3 is 5.97 Å². The van der Waals surface area contributed by atoms with Crippen molar-refractivity contribution in [2.45, 2.75) is 12.8 Å². The molecule has 4 rings (SSSR count). The van der Waals surface area contributed by atoms with E-state index in [1.165, 1.54) is 30.7 Å². The van der Waals surface area contributed by atoms with Gasteiger partial charge in [0.15, 0.2) is 16.5 Å². The third kappa shape index (κ3) is 2.40. The Morgan fingerprint density at radius 2 is 2.10 bits per heavy atom. The number of imidazole rings is 1. The SMILES string of the molecule is O=C(O)c1c(N2CCN(CC3CC3)CC2)nc2sccn12. The van der Waals surface area contributed by atoms with E-state index in [9.17, 15) is 9.90 Å². The molecule has 0 bridgehead atoms. The summed E-state index contributed by atoms with van der Waals surface area (Å²) in [5.74, 6) is 0.626. The Hall–Kier alpha value is -1.60.